The molecule has 0 radical (unpaired) electrons. The van der Waals surface area contributed by atoms with Gasteiger partial charge in [-0.25, -0.2) is 0 Å². The van der Waals surface area contributed by atoms with Gasteiger partial charge in [-0.2, -0.15) is 0 Å². The van der Waals surface area contributed by atoms with Crippen molar-refractivity contribution in [2.45, 2.75) is 37.8 Å². The zero-order valence-corrected chi connectivity index (χ0v) is 18.2. The molecule has 0 aliphatic rings. The largest absolute Gasteiger partial charge is 0.370 e. The van der Waals surface area contributed by atoms with E-state index in [1.54, 1.807) is 0 Å². The van der Waals surface area contributed by atoms with E-state index < -0.39 is 17.9 Å². The quantitative estimate of drug-likeness (QED) is 0.370. The second kappa shape index (κ2) is 12.1. The molecule has 0 saturated heterocycles. The highest BCUT2D eigenvalue weighted by Gasteiger charge is 2.20. The van der Waals surface area contributed by atoms with Gasteiger partial charge < -0.3 is 22.1 Å². The fourth-order valence-corrected chi connectivity index (χ4v) is 3.29. The van der Waals surface area contributed by atoms with Gasteiger partial charge in [-0.15, -0.1) is 0 Å². The van der Waals surface area contributed by atoms with Crippen molar-refractivity contribution in [3.63, 3.8) is 0 Å². The van der Waals surface area contributed by atoms with Gasteiger partial charge in [0.2, 0.25) is 17.7 Å². The highest BCUT2D eigenvalue weighted by atomic mass is 79.9. The van der Waals surface area contributed by atoms with Crippen molar-refractivity contribution in [1.82, 2.24) is 10.6 Å². The number of nitrogens with two attached hydrogens (primary N) is 2. The first-order valence-electron chi connectivity index (χ1n) is 9.72. The molecule has 0 saturated carbocycles. The number of carbonyl (C=O) groups excluding carboxylic acids is 3. The molecule has 0 aliphatic carbocycles. The average molecular weight is 475 g/mol. The van der Waals surface area contributed by atoms with Gasteiger partial charge in [0.1, 0.15) is 0 Å². The number of halogens is 1. The van der Waals surface area contributed by atoms with Gasteiger partial charge >= 0.3 is 0 Å². The Kier molecular flexibility index (Phi) is 9.50. The molecule has 0 fully saturated rings. The van der Waals surface area contributed by atoms with Crippen molar-refractivity contribution in [2.24, 2.45) is 11.5 Å². The molecule has 2 aromatic rings. The molecule has 6 N–H and O–H groups in total. The van der Waals surface area contributed by atoms with Crippen molar-refractivity contribution in [3.05, 3.63) is 70.2 Å². The third-order valence-electron chi connectivity index (χ3n) is 4.60. The van der Waals surface area contributed by atoms with Crippen LogP contribution in [0.4, 0.5) is 0 Å². The van der Waals surface area contributed by atoms with Crippen LogP contribution in [0.3, 0.4) is 0 Å². The van der Waals surface area contributed by atoms with Crippen molar-refractivity contribution < 1.29 is 14.4 Å². The first kappa shape index (κ1) is 23.6. The van der Waals surface area contributed by atoms with Crippen molar-refractivity contribution >= 4 is 33.7 Å². The molecule has 8 heteroatoms. The topological polar surface area (TPSA) is 127 Å². The third-order valence-corrected chi connectivity index (χ3v) is 5.12. The predicted octanol–water partition coefficient (Wildman–Crippen LogP) is 1.43. The fourth-order valence-electron chi connectivity index (χ4n) is 3.02. The van der Waals surface area contributed by atoms with Crippen LogP contribution in [0.25, 0.3) is 0 Å². The minimum atomic E-state index is -0.577. The zero-order chi connectivity index (χ0) is 21.9. The smallest absolute Gasteiger partial charge is 0.234 e. The van der Waals surface area contributed by atoms with E-state index in [0.29, 0.717) is 19.4 Å². The Bertz CT molecular complexity index is 843. The molecule has 160 valence electrons. The van der Waals surface area contributed by atoms with E-state index in [1.165, 1.54) is 0 Å². The number of benzene rings is 2. The lowest BCUT2D eigenvalue weighted by atomic mass is 10.0. The van der Waals surface area contributed by atoms with Gasteiger partial charge in [0.25, 0.3) is 0 Å². The highest BCUT2D eigenvalue weighted by molar-refractivity contribution is 9.10. The Labute approximate surface area is 184 Å². The molecule has 2 atom stereocenters. The maximum absolute atomic E-state index is 12.2. The number of amides is 3. The Morgan fingerprint density at radius 3 is 2.10 bits per heavy atom. The van der Waals surface area contributed by atoms with Gasteiger partial charge in [0, 0.05) is 29.9 Å². The standard InChI is InChI=1S/C22H27BrN4O3/c23-17-8-6-16(7-9-17)13-19(22(25)30)26-14-18(12-15-4-2-1-3-5-15)27-21(29)11-10-20(24)28/h1-9,18-19,26H,10-14H2,(H2,24,28)(H2,25,30)(H,27,29)/t18-,19+/m1/s1. The summed E-state index contributed by atoms with van der Waals surface area (Å²) < 4.78 is 0.955. The summed E-state index contributed by atoms with van der Waals surface area (Å²) in [5, 5.41) is 6.10. The molecule has 0 aromatic heterocycles. The molecule has 0 spiro atoms. The summed E-state index contributed by atoms with van der Waals surface area (Å²) >= 11 is 3.39. The van der Waals surface area contributed by atoms with Crippen LogP contribution in [0.2, 0.25) is 0 Å². The van der Waals surface area contributed by atoms with Crippen LogP contribution in [0.1, 0.15) is 24.0 Å². The number of nitrogens with one attached hydrogen (secondary N) is 2. The molecule has 0 bridgehead atoms. The molecular formula is C22H27BrN4O3. The normalized spacial score (nSPS) is 12.7. The molecule has 7 nitrogen and oxygen atoms in total. The first-order valence-corrected chi connectivity index (χ1v) is 10.5. The molecule has 0 aliphatic heterocycles. The van der Waals surface area contributed by atoms with Crippen LogP contribution in [0, 0.1) is 0 Å². The van der Waals surface area contributed by atoms with Gasteiger partial charge in [-0.05, 0) is 36.1 Å². The number of hydrogen-bond acceptors (Lipinski definition) is 4. The summed E-state index contributed by atoms with van der Waals surface area (Å²) in [5.41, 5.74) is 12.7. The molecular weight excluding hydrogens is 448 g/mol. The monoisotopic (exact) mass is 474 g/mol. The molecule has 2 aromatic carbocycles. The van der Waals surface area contributed by atoms with E-state index in [2.05, 4.69) is 26.6 Å². The zero-order valence-electron chi connectivity index (χ0n) is 16.6. The lowest BCUT2D eigenvalue weighted by molar-refractivity contribution is -0.125. The van der Waals surface area contributed by atoms with Gasteiger partial charge in [-0.3, -0.25) is 14.4 Å². The molecule has 0 heterocycles. The Morgan fingerprint density at radius 1 is 0.867 bits per heavy atom. The maximum atomic E-state index is 12.2. The highest BCUT2D eigenvalue weighted by Crippen LogP contribution is 2.12. The SMILES string of the molecule is NC(=O)CCC(=O)N[C@@H](CN[C@@H](Cc1ccc(Br)cc1)C(N)=O)Cc1ccccc1. The predicted molar refractivity (Wildman–Crippen MR) is 119 cm³/mol. The van der Waals surface area contributed by atoms with Crippen LogP contribution < -0.4 is 22.1 Å². The second-order valence-corrected chi connectivity index (χ2v) is 8.03. The van der Waals surface area contributed by atoms with Crippen LogP contribution in [0.15, 0.2) is 59.1 Å². The summed E-state index contributed by atoms with van der Waals surface area (Å²) in [6.45, 7) is 0.349. The van der Waals surface area contributed by atoms with E-state index in [-0.39, 0.29) is 24.8 Å². The molecule has 3 amide bonds. The molecule has 30 heavy (non-hydrogen) atoms. The summed E-state index contributed by atoms with van der Waals surface area (Å²) in [4.78, 5) is 35.1. The summed E-state index contributed by atoms with van der Waals surface area (Å²) in [6.07, 6.45) is 1.03. The summed E-state index contributed by atoms with van der Waals surface area (Å²) in [7, 11) is 0. The van der Waals surface area contributed by atoms with Crippen LogP contribution in [0.5, 0.6) is 0 Å². The number of rotatable bonds is 12. The van der Waals surface area contributed by atoms with Crippen molar-refractivity contribution in [3.8, 4) is 0 Å². The number of primary amides is 2. The summed E-state index contributed by atoms with van der Waals surface area (Å²) in [5.74, 6) is -1.25. The Morgan fingerprint density at radius 2 is 1.50 bits per heavy atom. The maximum Gasteiger partial charge on any atom is 0.234 e. The summed E-state index contributed by atoms with van der Waals surface area (Å²) in [6, 6.07) is 16.5. The average Bonchev–Trinajstić information content (AvgIpc) is 2.71. The van der Waals surface area contributed by atoms with E-state index in [1.807, 2.05) is 54.6 Å². The van der Waals surface area contributed by atoms with Crippen LogP contribution in [-0.4, -0.2) is 36.3 Å². The van der Waals surface area contributed by atoms with E-state index in [4.69, 9.17) is 11.5 Å². The first-order chi connectivity index (χ1) is 14.3. The number of carbonyl (C=O) groups is 3. The van der Waals surface area contributed by atoms with E-state index in [9.17, 15) is 14.4 Å². The van der Waals surface area contributed by atoms with Crippen LogP contribution in [-0.2, 0) is 27.2 Å². The lowest BCUT2D eigenvalue weighted by Crippen LogP contribution is -2.50. The van der Waals surface area contributed by atoms with E-state index in [0.717, 1.165) is 15.6 Å². The van der Waals surface area contributed by atoms with Gasteiger partial charge in [0.15, 0.2) is 0 Å². The van der Waals surface area contributed by atoms with Gasteiger partial charge in [0.05, 0.1) is 6.04 Å². The fraction of sp³-hybridized carbons (Fsp3) is 0.318. The minimum Gasteiger partial charge on any atom is -0.370 e. The minimum absolute atomic E-state index is 0.00913. The van der Waals surface area contributed by atoms with Crippen molar-refractivity contribution in [1.29, 1.82) is 0 Å². The number of hydrogen-bond donors (Lipinski definition) is 4. The van der Waals surface area contributed by atoms with Gasteiger partial charge in [-0.1, -0.05) is 58.4 Å². The molecule has 0 unspecified atom stereocenters. The Hall–Kier alpha value is -2.71. The third kappa shape index (κ3) is 8.75. The lowest BCUT2D eigenvalue weighted by Gasteiger charge is -2.23. The van der Waals surface area contributed by atoms with E-state index >= 15 is 0 Å². The Balaban J connectivity index is 2.02. The second-order valence-electron chi connectivity index (χ2n) is 7.11. The van der Waals surface area contributed by atoms with Crippen molar-refractivity contribution in [2.75, 3.05) is 6.54 Å². The molecule has 2 rings (SSSR count). The van der Waals surface area contributed by atoms with Crippen LogP contribution >= 0.6 is 15.9 Å².